The van der Waals surface area contributed by atoms with Gasteiger partial charge in [-0.3, -0.25) is 0 Å². The SMILES string of the molecule is CN(c1ncc(CN)c2ccccc12)C1CCCC1. The van der Waals surface area contributed by atoms with Crippen molar-refractivity contribution in [2.24, 2.45) is 5.73 Å². The van der Waals surface area contributed by atoms with Gasteiger partial charge in [-0.25, -0.2) is 4.98 Å². The topological polar surface area (TPSA) is 42.2 Å². The van der Waals surface area contributed by atoms with Crippen LogP contribution in [0.4, 0.5) is 5.82 Å². The van der Waals surface area contributed by atoms with Crippen LogP contribution in [0.25, 0.3) is 10.8 Å². The van der Waals surface area contributed by atoms with Gasteiger partial charge in [-0.05, 0) is 23.8 Å². The number of hydrogen-bond donors (Lipinski definition) is 1. The third kappa shape index (κ3) is 2.19. The molecule has 0 bridgehead atoms. The van der Waals surface area contributed by atoms with Crippen molar-refractivity contribution in [1.29, 1.82) is 0 Å². The van der Waals surface area contributed by atoms with Gasteiger partial charge in [0.15, 0.2) is 0 Å². The van der Waals surface area contributed by atoms with Crippen molar-refractivity contribution < 1.29 is 0 Å². The molecular weight excluding hydrogens is 234 g/mol. The summed E-state index contributed by atoms with van der Waals surface area (Å²) in [5.41, 5.74) is 6.93. The normalized spacial score (nSPS) is 16.1. The van der Waals surface area contributed by atoms with E-state index >= 15 is 0 Å². The Morgan fingerprint density at radius 2 is 1.89 bits per heavy atom. The van der Waals surface area contributed by atoms with E-state index in [1.165, 1.54) is 36.5 Å². The maximum absolute atomic E-state index is 5.81. The van der Waals surface area contributed by atoms with Crippen molar-refractivity contribution in [3.05, 3.63) is 36.0 Å². The Bertz CT molecular complexity index is 573. The number of aromatic nitrogens is 1. The van der Waals surface area contributed by atoms with Gasteiger partial charge in [-0.2, -0.15) is 0 Å². The molecule has 1 aliphatic carbocycles. The summed E-state index contributed by atoms with van der Waals surface area (Å²) in [7, 11) is 2.17. The van der Waals surface area contributed by atoms with Crippen molar-refractivity contribution in [3.63, 3.8) is 0 Å². The second-order valence-corrected chi connectivity index (χ2v) is 5.41. The molecule has 1 fully saturated rings. The zero-order valence-corrected chi connectivity index (χ0v) is 11.5. The van der Waals surface area contributed by atoms with E-state index in [0.717, 1.165) is 11.4 Å². The molecule has 1 saturated carbocycles. The predicted molar refractivity (Wildman–Crippen MR) is 80.3 cm³/mol. The number of rotatable bonds is 3. The Balaban J connectivity index is 2.08. The quantitative estimate of drug-likeness (QED) is 0.916. The minimum absolute atomic E-state index is 0.543. The molecule has 1 aromatic carbocycles. The average molecular weight is 255 g/mol. The fraction of sp³-hybridized carbons (Fsp3) is 0.438. The Morgan fingerprint density at radius 3 is 2.58 bits per heavy atom. The van der Waals surface area contributed by atoms with E-state index in [4.69, 9.17) is 5.73 Å². The molecule has 1 heterocycles. The van der Waals surface area contributed by atoms with Gasteiger partial charge in [-0.1, -0.05) is 37.1 Å². The maximum Gasteiger partial charge on any atom is 0.136 e. The number of benzene rings is 1. The molecule has 0 aliphatic heterocycles. The largest absolute Gasteiger partial charge is 0.356 e. The smallest absolute Gasteiger partial charge is 0.136 e. The van der Waals surface area contributed by atoms with Crippen LogP contribution in [0.1, 0.15) is 31.2 Å². The van der Waals surface area contributed by atoms with E-state index in [2.05, 4.69) is 41.2 Å². The molecular formula is C16H21N3. The highest BCUT2D eigenvalue weighted by Crippen LogP contribution is 2.31. The molecule has 3 nitrogen and oxygen atoms in total. The van der Waals surface area contributed by atoms with E-state index in [0.29, 0.717) is 12.6 Å². The second-order valence-electron chi connectivity index (χ2n) is 5.41. The van der Waals surface area contributed by atoms with Gasteiger partial charge >= 0.3 is 0 Å². The molecule has 1 aliphatic rings. The van der Waals surface area contributed by atoms with Crippen LogP contribution in [0, 0.1) is 0 Å². The van der Waals surface area contributed by atoms with E-state index < -0.39 is 0 Å². The third-order valence-corrected chi connectivity index (χ3v) is 4.28. The van der Waals surface area contributed by atoms with Crippen LogP contribution in [0.2, 0.25) is 0 Å². The van der Waals surface area contributed by atoms with Gasteiger partial charge < -0.3 is 10.6 Å². The summed E-state index contributed by atoms with van der Waals surface area (Å²) < 4.78 is 0. The van der Waals surface area contributed by atoms with Gasteiger partial charge in [0.25, 0.3) is 0 Å². The monoisotopic (exact) mass is 255 g/mol. The first kappa shape index (κ1) is 12.4. The Labute approximate surface area is 114 Å². The van der Waals surface area contributed by atoms with Gasteiger partial charge in [0.1, 0.15) is 5.82 Å². The lowest BCUT2D eigenvalue weighted by molar-refractivity contribution is 0.648. The summed E-state index contributed by atoms with van der Waals surface area (Å²) in [6, 6.07) is 9.09. The second kappa shape index (κ2) is 5.17. The Morgan fingerprint density at radius 1 is 1.21 bits per heavy atom. The lowest BCUT2D eigenvalue weighted by atomic mass is 10.1. The molecule has 0 radical (unpaired) electrons. The van der Waals surface area contributed by atoms with E-state index in [9.17, 15) is 0 Å². The predicted octanol–water partition coefficient (Wildman–Crippen LogP) is 3.07. The fourth-order valence-corrected chi connectivity index (χ4v) is 3.14. The van der Waals surface area contributed by atoms with Crippen molar-refractivity contribution in [2.45, 2.75) is 38.3 Å². The summed E-state index contributed by atoms with van der Waals surface area (Å²) in [4.78, 5) is 7.02. The van der Waals surface area contributed by atoms with Crippen molar-refractivity contribution in [1.82, 2.24) is 4.98 Å². The lowest BCUT2D eigenvalue weighted by Crippen LogP contribution is -2.29. The first-order valence-corrected chi connectivity index (χ1v) is 7.11. The van der Waals surface area contributed by atoms with Gasteiger partial charge in [-0.15, -0.1) is 0 Å². The van der Waals surface area contributed by atoms with Crippen LogP contribution in [-0.2, 0) is 6.54 Å². The highest BCUT2D eigenvalue weighted by Gasteiger charge is 2.22. The molecule has 1 aromatic heterocycles. The van der Waals surface area contributed by atoms with Crippen molar-refractivity contribution in [3.8, 4) is 0 Å². The minimum atomic E-state index is 0.543. The van der Waals surface area contributed by atoms with Gasteiger partial charge in [0.05, 0.1) is 0 Å². The number of nitrogens with zero attached hydrogens (tertiary/aromatic N) is 2. The molecule has 2 aromatic rings. The third-order valence-electron chi connectivity index (χ3n) is 4.28. The summed E-state index contributed by atoms with van der Waals surface area (Å²) in [5.74, 6) is 1.10. The molecule has 0 amide bonds. The molecule has 3 heteroatoms. The van der Waals surface area contributed by atoms with Crippen LogP contribution >= 0.6 is 0 Å². The zero-order chi connectivity index (χ0) is 13.2. The summed E-state index contributed by atoms with van der Waals surface area (Å²) in [6.45, 7) is 0.543. The molecule has 0 spiro atoms. The number of hydrogen-bond acceptors (Lipinski definition) is 3. The molecule has 19 heavy (non-hydrogen) atoms. The lowest BCUT2D eigenvalue weighted by Gasteiger charge is -2.27. The van der Waals surface area contributed by atoms with E-state index in [1.807, 2.05) is 6.20 Å². The molecule has 0 atom stereocenters. The van der Waals surface area contributed by atoms with Crippen LogP contribution in [0.3, 0.4) is 0 Å². The molecule has 0 unspecified atom stereocenters. The van der Waals surface area contributed by atoms with Crippen LogP contribution in [0.5, 0.6) is 0 Å². The van der Waals surface area contributed by atoms with Crippen LogP contribution < -0.4 is 10.6 Å². The summed E-state index contributed by atoms with van der Waals surface area (Å²) in [6.07, 6.45) is 7.18. The summed E-state index contributed by atoms with van der Waals surface area (Å²) >= 11 is 0. The van der Waals surface area contributed by atoms with Crippen molar-refractivity contribution in [2.75, 3.05) is 11.9 Å². The average Bonchev–Trinajstić information content (AvgIpc) is 2.99. The molecule has 0 saturated heterocycles. The summed E-state index contributed by atoms with van der Waals surface area (Å²) in [5, 5.41) is 2.46. The van der Waals surface area contributed by atoms with Gasteiger partial charge in [0, 0.05) is 31.2 Å². The minimum Gasteiger partial charge on any atom is -0.356 e. The van der Waals surface area contributed by atoms with E-state index in [1.54, 1.807) is 0 Å². The molecule has 3 rings (SSSR count). The standard InChI is InChI=1S/C16H21N3/c1-19(13-6-2-3-7-13)16-15-9-5-4-8-14(15)12(10-17)11-18-16/h4-5,8-9,11,13H,2-3,6-7,10,17H2,1H3. The first-order valence-electron chi connectivity index (χ1n) is 7.11. The zero-order valence-electron chi connectivity index (χ0n) is 11.5. The Kier molecular flexibility index (Phi) is 3.38. The maximum atomic E-state index is 5.81. The van der Waals surface area contributed by atoms with Crippen LogP contribution in [-0.4, -0.2) is 18.1 Å². The van der Waals surface area contributed by atoms with Gasteiger partial charge in [0.2, 0.25) is 0 Å². The molecule has 100 valence electrons. The highest BCUT2D eigenvalue weighted by molar-refractivity contribution is 5.94. The Hall–Kier alpha value is -1.61. The fourth-order valence-electron chi connectivity index (χ4n) is 3.14. The number of pyridine rings is 1. The number of anilines is 1. The van der Waals surface area contributed by atoms with Crippen LogP contribution in [0.15, 0.2) is 30.5 Å². The van der Waals surface area contributed by atoms with Crippen molar-refractivity contribution >= 4 is 16.6 Å². The first-order chi connectivity index (χ1) is 9.31. The number of fused-ring (bicyclic) bond motifs is 1. The molecule has 2 N–H and O–H groups in total. The highest BCUT2D eigenvalue weighted by atomic mass is 15.2. The van der Waals surface area contributed by atoms with E-state index in [-0.39, 0.29) is 0 Å². The number of nitrogens with two attached hydrogens (primary N) is 1.